The van der Waals surface area contributed by atoms with Gasteiger partial charge < -0.3 is 29.3 Å². The molecule has 0 aromatic rings. The van der Waals surface area contributed by atoms with Crippen molar-refractivity contribution in [2.45, 2.75) is 103 Å². The van der Waals surface area contributed by atoms with E-state index in [0.717, 1.165) is 5.06 Å². The van der Waals surface area contributed by atoms with Crippen LogP contribution in [0.2, 0.25) is 0 Å². The van der Waals surface area contributed by atoms with E-state index in [1.165, 1.54) is 4.90 Å². The molecule has 2 aliphatic heterocycles. The van der Waals surface area contributed by atoms with Gasteiger partial charge in [-0.05, 0) is 67.2 Å². The molecular formula is C24H40N6O7. The number of nitrogens with zero attached hydrogens (tertiary/aromatic N) is 5. The molecule has 4 amide bonds. The summed E-state index contributed by atoms with van der Waals surface area (Å²) in [4.78, 5) is 40.5. The van der Waals surface area contributed by atoms with Crippen molar-refractivity contribution in [2.75, 3.05) is 19.7 Å². The van der Waals surface area contributed by atoms with Crippen LogP contribution in [-0.2, 0) is 14.2 Å². The van der Waals surface area contributed by atoms with E-state index in [-0.39, 0.29) is 37.2 Å². The molecule has 37 heavy (non-hydrogen) atoms. The van der Waals surface area contributed by atoms with Gasteiger partial charge in [0.05, 0.1) is 12.6 Å². The van der Waals surface area contributed by atoms with Crippen molar-refractivity contribution in [3.05, 3.63) is 0 Å². The van der Waals surface area contributed by atoms with Gasteiger partial charge >= 0.3 is 18.2 Å². The van der Waals surface area contributed by atoms with E-state index in [9.17, 15) is 19.6 Å². The molecule has 3 aliphatic rings. The average molecular weight is 525 g/mol. The number of hydrogen-bond donors (Lipinski definition) is 2. The lowest BCUT2D eigenvalue weighted by atomic mass is 9.85. The van der Waals surface area contributed by atoms with Gasteiger partial charge in [-0.25, -0.2) is 19.4 Å². The minimum Gasteiger partial charge on any atom is -0.476 e. The Morgan fingerprint density at radius 1 is 1.14 bits per heavy atom. The molecule has 1 aliphatic carbocycles. The summed E-state index contributed by atoms with van der Waals surface area (Å²) in [5, 5.41) is 21.1. The van der Waals surface area contributed by atoms with Crippen LogP contribution in [0.4, 0.5) is 14.4 Å². The maximum absolute atomic E-state index is 13.0. The molecule has 0 spiro atoms. The summed E-state index contributed by atoms with van der Waals surface area (Å²) in [7, 11) is 0. The Hall–Kier alpha value is -3.09. The summed E-state index contributed by atoms with van der Waals surface area (Å²) < 4.78 is 16.8. The van der Waals surface area contributed by atoms with Crippen LogP contribution in [0.5, 0.6) is 0 Å². The average Bonchev–Trinajstić information content (AvgIpc) is 2.95. The normalized spacial score (nSPS) is 25.8. The lowest BCUT2D eigenvalue weighted by molar-refractivity contribution is -0.0583. The maximum Gasteiger partial charge on any atom is 0.410 e. The van der Waals surface area contributed by atoms with Crippen molar-refractivity contribution in [1.82, 2.24) is 20.2 Å². The molecule has 2 saturated heterocycles. The maximum atomic E-state index is 13.0. The van der Waals surface area contributed by atoms with E-state index in [2.05, 4.69) is 22.2 Å². The Kier molecular flexibility index (Phi) is 8.56. The predicted octanol–water partition coefficient (Wildman–Crippen LogP) is 2.97. The van der Waals surface area contributed by atoms with Crippen LogP contribution in [0.1, 0.15) is 67.2 Å². The highest BCUT2D eigenvalue weighted by molar-refractivity contribution is 5.88. The summed E-state index contributed by atoms with van der Waals surface area (Å²) >= 11 is 0. The van der Waals surface area contributed by atoms with Gasteiger partial charge in [0, 0.05) is 25.3 Å². The number of rotatable bonds is 7. The molecule has 0 aromatic heterocycles. The fourth-order valence-corrected chi connectivity index (χ4v) is 4.60. The van der Waals surface area contributed by atoms with Gasteiger partial charge in [-0.2, -0.15) is 5.10 Å². The van der Waals surface area contributed by atoms with E-state index in [0.29, 0.717) is 32.2 Å². The number of urea groups is 1. The van der Waals surface area contributed by atoms with E-state index in [1.54, 1.807) is 46.4 Å². The molecule has 2 bridgehead atoms. The number of alkyl carbamates (subject to hydrolysis) is 1. The van der Waals surface area contributed by atoms with Crippen LogP contribution in [0.3, 0.4) is 0 Å². The third kappa shape index (κ3) is 7.46. The van der Waals surface area contributed by atoms with Gasteiger partial charge in [0.2, 0.25) is 5.90 Å². The number of piperidine rings is 1. The Morgan fingerprint density at radius 2 is 1.78 bits per heavy atom. The molecule has 13 nitrogen and oxygen atoms in total. The van der Waals surface area contributed by atoms with Crippen molar-refractivity contribution < 1.29 is 33.8 Å². The number of ether oxygens (including phenoxy) is 3. The number of fused-ring (bicyclic) bond motifs is 2. The summed E-state index contributed by atoms with van der Waals surface area (Å²) in [6.07, 6.45) is 1.27. The Labute approximate surface area is 217 Å². The van der Waals surface area contributed by atoms with Gasteiger partial charge in [-0.15, -0.1) is 5.10 Å². The Balaban J connectivity index is 1.60. The minimum absolute atomic E-state index is 0.0824. The number of carbonyl (C=O) groups excluding carboxylic acids is 3. The lowest BCUT2D eigenvalue weighted by Gasteiger charge is -2.43. The molecule has 13 heteroatoms. The highest BCUT2D eigenvalue weighted by atomic mass is 16.6. The predicted molar refractivity (Wildman–Crippen MR) is 135 cm³/mol. The zero-order valence-corrected chi connectivity index (χ0v) is 22.6. The topological polar surface area (TPSA) is 146 Å². The summed E-state index contributed by atoms with van der Waals surface area (Å²) in [6, 6.07) is -1.50. The van der Waals surface area contributed by atoms with Gasteiger partial charge in [0.1, 0.15) is 23.9 Å². The third-order valence-electron chi connectivity index (χ3n) is 6.28. The van der Waals surface area contributed by atoms with Crippen LogP contribution in [0.25, 0.3) is 0 Å². The standard InChI is InChI=1S/C24H40N6O7/c1-23(2,3)36-20(31)26-15-12-17(13-15)28(22(33)37-24(4,5)6)10-11-35-19(27-25-7)18-9-8-16-14-29(18)21(32)30(16)34/h15-18,34H,7-14H2,1-6H3,(H,26,31)/b27-19-/t15?,16?,17?,18-/m0/s1. The zero-order valence-electron chi connectivity index (χ0n) is 22.6. The number of hydrogen-bond acceptors (Lipinski definition) is 9. The highest BCUT2D eigenvalue weighted by Gasteiger charge is 2.47. The number of hydroxylamine groups is 2. The number of amides is 4. The van der Waals surface area contributed by atoms with Gasteiger partial charge in [0.15, 0.2) is 0 Å². The lowest BCUT2D eigenvalue weighted by Crippen LogP contribution is -2.57. The SMILES string of the molecule is C=N/N=C(\OCCN(C(=O)OC(C)(C)C)C1CC(NC(=O)OC(C)(C)C)C1)[C@@H]1CCC2CN1C(=O)N2O. The monoisotopic (exact) mass is 524 g/mol. The molecule has 0 radical (unpaired) electrons. The molecule has 3 rings (SSSR count). The fraction of sp³-hybridized carbons (Fsp3) is 0.792. The number of carbonyl (C=O) groups is 3. The molecular weight excluding hydrogens is 484 g/mol. The fourth-order valence-electron chi connectivity index (χ4n) is 4.60. The Bertz CT molecular complexity index is 906. The van der Waals surface area contributed by atoms with Gasteiger partial charge in [0.25, 0.3) is 0 Å². The number of nitrogens with one attached hydrogen (secondary N) is 1. The van der Waals surface area contributed by atoms with Gasteiger partial charge in [-0.3, -0.25) is 5.21 Å². The minimum atomic E-state index is -0.682. The molecule has 0 aromatic carbocycles. The Morgan fingerprint density at radius 3 is 2.38 bits per heavy atom. The van der Waals surface area contributed by atoms with Crippen LogP contribution in [0, 0.1) is 0 Å². The van der Waals surface area contributed by atoms with Crippen LogP contribution >= 0.6 is 0 Å². The van der Waals surface area contributed by atoms with Crippen molar-refractivity contribution in [3.63, 3.8) is 0 Å². The second-order valence-corrected chi connectivity index (χ2v) is 11.6. The first-order valence-corrected chi connectivity index (χ1v) is 12.6. The van der Waals surface area contributed by atoms with Crippen molar-refractivity contribution in [3.8, 4) is 0 Å². The zero-order chi connectivity index (χ0) is 27.5. The summed E-state index contributed by atoms with van der Waals surface area (Å²) in [5.74, 6) is 0.208. The molecule has 1 unspecified atom stereocenters. The molecule has 2 atom stereocenters. The second kappa shape index (κ2) is 11.1. The van der Waals surface area contributed by atoms with Crippen molar-refractivity contribution >= 4 is 30.8 Å². The highest BCUT2D eigenvalue weighted by Crippen LogP contribution is 2.30. The van der Waals surface area contributed by atoms with Crippen LogP contribution < -0.4 is 5.32 Å². The summed E-state index contributed by atoms with van der Waals surface area (Å²) in [5.41, 5.74) is -1.28. The van der Waals surface area contributed by atoms with Crippen molar-refractivity contribution in [1.29, 1.82) is 0 Å². The second-order valence-electron chi connectivity index (χ2n) is 11.6. The molecule has 3 fully saturated rings. The summed E-state index contributed by atoms with van der Waals surface area (Å²) in [6.45, 7) is 14.8. The van der Waals surface area contributed by atoms with E-state index in [4.69, 9.17) is 14.2 Å². The quantitative estimate of drug-likeness (QED) is 0.225. The molecule has 2 heterocycles. The van der Waals surface area contributed by atoms with E-state index >= 15 is 0 Å². The first kappa shape index (κ1) is 28.5. The molecule has 208 valence electrons. The van der Waals surface area contributed by atoms with E-state index < -0.39 is 35.5 Å². The van der Waals surface area contributed by atoms with Crippen molar-refractivity contribution in [2.24, 2.45) is 10.2 Å². The largest absolute Gasteiger partial charge is 0.476 e. The van der Waals surface area contributed by atoms with Crippen LogP contribution in [0.15, 0.2) is 10.2 Å². The third-order valence-corrected chi connectivity index (χ3v) is 6.28. The molecule has 2 N–H and O–H groups in total. The first-order valence-electron chi connectivity index (χ1n) is 12.6. The van der Waals surface area contributed by atoms with Crippen LogP contribution in [-0.4, -0.2) is 106 Å². The van der Waals surface area contributed by atoms with E-state index in [1.807, 2.05) is 0 Å². The van der Waals surface area contributed by atoms with Gasteiger partial charge in [-0.1, -0.05) is 0 Å². The smallest absolute Gasteiger partial charge is 0.410 e. The molecule has 1 saturated carbocycles. The first-order chi connectivity index (χ1) is 17.2.